The van der Waals surface area contributed by atoms with Crippen molar-refractivity contribution in [1.82, 2.24) is 10.2 Å². The highest BCUT2D eigenvalue weighted by Gasteiger charge is 2.11. The Morgan fingerprint density at radius 3 is 2.85 bits per heavy atom. The number of aromatic hydroxyl groups is 1. The summed E-state index contributed by atoms with van der Waals surface area (Å²) in [6.45, 7) is 1.98. The van der Waals surface area contributed by atoms with Crippen LogP contribution in [0.3, 0.4) is 0 Å². The number of phenols is 1. The van der Waals surface area contributed by atoms with E-state index < -0.39 is 5.82 Å². The van der Waals surface area contributed by atoms with Crippen LogP contribution in [-0.2, 0) is 6.42 Å². The van der Waals surface area contributed by atoms with E-state index >= 15 is 0 Å². The molecule has 0 spiro atoms. The maximum absolute atomic E-state index is 13.6. The van der Waals surface area contributed by atoms with Gasteiger partial charge in [0.05, 0.1) is 5.52 Å². The van der Waals surface area contributed by atoms with Crippen LogP contribution in [0.25, 0.3) is 22.0 Å². The topological polar surface area (TPSA) is 48.9 Å². The molecule has 0 saturated heterocycles. The zero-order valence-corrected chi connectivity index (χ0v) is 12.9. The van der Waals surface area contributed by atoms with Crippen LogP contribution in [0, 0.1) is 9.52 Å². The molecule has 3 rings (SSSR count). The van der Waals surface area contributed by atoms with Gasteiger partial charge in [0, 0.05) is 5.39 Å². The molecule has 102 valence electrons. The first-order valence-electron chi connectivity index (χ1n) is 6.25. The van der Waals surface area contributed by atoms with Crippen molar-refractivity contribution in [3.05, 3.63) is 45.4 Å². The number of hydrogen-bond donors (Lipinski definition) is 2. The maximum atomic E-state index is 13.6. The molecule has 1 aromatic heterocycles. The van der Waals surface area contributed by atoms with Crippen LogP contribution in [0.4, 0.5) is 4.39 Å². The zero-order chi connectivity index (χ0) is 14.3. The fraction of sp³-hybridized carbons (Fsp3) is 0.133. The number of rotatable bonds is 2. The van der Waals surface area contributed by atoms with Crippen LogP contribution in [0.2, 0.25) is 0 Å². The van der Waals surface area contributed by atoms with Crippen molar-refractivity contribution in [3.8, 4) is 16.9 Å². The Kier molecular flexibility index (Phi) is 3.37. The van der Waals surface area contributed by atoms with Gasteiger partial charge < -0.3 is 5.11 Å². The minimum Gasteiger partial charge on any atom is -0.505 e. The number of phenolic OH excluding ortho intramolecular Hbond substituents is 1. The number of aromatic amines is 1. The smallest absolute Gasteiger partial charge is 0.165 e. The normalized spacial score (nSPS) is 11.2. The molecule has 0 bridgehead atoms. The van der Waals surface area contributed by atoms with Crippen molar-refractivity contribution in [2.45, 2.75) is 13.3 Å². The zero-order valence-electron chi connectivity index (χ0n) is 10.7. The summed E-state index contributed by atoms with van der Waals surface area (Å²) in [5.74, 6) is -0.907. The van der Waals surface area contributed by atoms with E-state index in [4.69, 9.17) is 0 Å². The van der Waals surface area contributed by atoms with Gasteiger partial charge >= 0.3 is 0 Å². The van der Waals surface area contributed by atoms with Gasteiger partial charge in [0.1, 0.15) is 3.70 Å². The molecule has 0 unspecified atom stereocenters. The largest absolute Gasteiger partial charge is 0.505 e. The molecule has 3 nitrogen and oxygen atoms in total. The summed E-state index contributed by atoms with van der Waals surface area (Å²) >= 11 is 2.19. The van der Waals surface area contributed by atoms with Crippen LogP contribution < -0.4 is 0 Å². The van der Waals surface area contributed by atoms with Gasteiger partial charge in [-0.1, -0.05) is 13.0 Å². The number of nitrogens with one attached hydrogen (secondary N) is 1. The second kappa shape index (κ2) is 5.05. The van der Waals surface area contributed by atoms with Gasteiger partial charge in [0.25, 0.3) is 0 Å². The first-order chi connectivity index (χ1) is 9.60. The molecule has 3 aromatic rings. The van der Waals surface area contributed by atoms with Crippen molar-refractivity contribution in [1.29, 1.82) is 0 Å². The Balaban J connectivity index is 2.21. The fourth-order valence-corrected chi connectivity index (χ4v) is 2.89. The molecule has 0 saturated carbocycles. The Morgan fingerprint density at radius 1 is 1.30 bits per heavy atom. The van der Waals surface area contributed by atoms with Gasteiger partial charge in [-0.3, -0.25) is 5.10 Å². The molecular formula is C15H12FIN2O. The van der Waals surface area contributed by atoms with E-state index in [2.05, 4.69) is 32.8 Å². The predicted molar refractivity (Wildman–Crippen MR) is 85.2 cm³/mol. The van der Waals surface area contributed by atoms with E-state index in [1.54, 1.807) is 0 Å². The maximum Gasteiger partial charge on any atom is 0.165 e. The summed E-state index contributed by atoms with van der Waals surface area (Å²) in [7, 11) is 0. The van der Waals surface area contributed by atoms with E-state index in [0.717, 1.165) is 37.7 Å². The highest BCUT2D eigenvalue weighted by molar-refractivity contribution is 14.1. The van der Waals surface area contributed by atoms with Gasteiger partial charge in [-0.15, -0.1) is 0 Å². The number of nitrogens with zero attached hydrogens (tertiary/aromatic N) is 1. The molecule has 0 aliphatic carbocycles. The van der Waals surface area contributed by atoms with E-state index in [9.17, 15) is 9.50 Å². The Hall–Kier alpha value is -1.63. The van der Waals surface area contributed by atoms with Crippen molar-refractivity contribution in [2.75, 3.05) is 0 Å². The standard InChI is InChI=1S/C15H12FIN2O/c1-2-8-6-14(20)12(16)7-11(8)9-3-4-10-13(5-9)18-19-15(10)17/h3-7,20H,2H2,1H3,(H,18,19). The van der Waals surface area contributed by atoms with Crippen molar-refractivity contribution >= 4 is 33.5 Å². The average Bonchev–Trinajstić information content (AvgIpc) is 2.82. The van der Waals surface area contributed by atoms with Gasteiger partial charge in [-0.25, -0.2) is 4.39 Å². The number of halogens is 2. The number of H-pyrrole nitrogens is 1. The van der Waals surface area contributed by atoms with Gasteiger partial charge in [0.2, 0.25) is 0 Å². The summed E-state index contributed by atoms with van der Waals surface area (Å²) in [6, 6.07) is 8.72. The van der Waals surface area contributed by atoms with Crippen LogP contribution in [-0.4, -0.2) is 15.3 Å². The number of aryl methyl sites for hydroxylation is 1. The van der Waals surface area contributed by atoms with Crippen LogP contribution in [0.1, 0.15) is 12.5 Å². The monoisotopic (exact) mass is 382 g/mol. The number of fused-ring (bicyclic) bond motifs is 1. The summed E-state index contributed by atoms with van der Waals surface area (Å²) in [4.78, 5) is 0. The molecule has 5 heteroatoms. The third-order valence-electron chi connectivity index (χ3n) is 3.37. The van der Waals surface area contributed by atoms with Gasteiger partial charge in [-0.2, -0.15) is 5.10 Å². The molecule has 0 atom stereocenters. The van der Waals surface area contributed by atoms with E-state index in [1.807, 2.05) is 25.1 Å². The Morgan fingerprint density at radius 2 is 2.10 bits per heavy atom. The molecule has 20 heavy (non-hydrogen) atoms. The minimum absolute atomic E-state index is 0.305. The van der Waals surface area contributed by atoms with E-state index in [-0.39, 0.29) is 5.75 Å². The quantitative estimate of drug-likeness (QED) is 0.652. The van der Waals surface area contributed by atoms with Crippen molar-refractivity contribution in [2.24, 2.45) is 0 Å². The highest BCUT2D eigenvalue weighted by Crippen LogP contribution is 2.32. The second-order valence-electron chi connectivity index (χ2n) is 4.58. The van der Waals surface area contributed by atoms with Crippen LogP contribution in [0.15, 0.2) is 30.3 Å². The summed E-state index contributed by atoms with van der Waals surface area (Å²) in [5, 5.41) is 17.7. The molecule has 0 fully saturated rings. The predicted octanol–water partition coefficient (Wildman–Crippen LogP) is 4.24. The number of aromatic nitrogens is 2. The summed E-state index contributed by atoms with van der Waals surface area (Å²) in [5.41, 5.74) is 3.45. The second-order valence-corrected chi connectivity index (χ2v) is 5.66. The first kappa shape index (κ1) is 13.4. The number of hydrogen-bond acceptors (Lipinski definition) is 2. The molecular weight excluding hydrogens is 370 g/mol. The molecule has 0 radical (unpaired) electrons. The lowest BCUT2D eigenvalue weighted by atomic mass is 9.97. The Bertz CT molecular complexity index is 798. The lowest BCUT2D eigenvalue weighted by Gasteiger charge is -2.09. The third kappa shape index (κ3) is 2.15. The van der Waals surface area contributed by atoms with Crippen LogP contribution in [0.5, 0.6) is 5.75 Å². The molecule has 1 heterocycles. The molecule has 0 amide bonds. The highest BCUT2D eigenvalue weighted by atomic mass is 127. The minimum atomic E-state index is -0.603. The molecule has 0 aliphatic heterocycles. The van der Waals surface area contributed by atoms with Gasteiger partial charge in [0.15, 0.2) is 11.6 Å². The third-order valence-corrected chi connectivity index (χ3v) is 4.20. The summed E-state index contributed by atoms with van der Waals surface area (Å²) in [6.07, 6.45) is 0.722. The molecule has 0 aliphatic rings. The lowest BCUT2D eigenvalue weighted by molar-refractivity contribution is 0.432. The van der Waals surface area contributed by atoms with Crippen molar-refractivity contribution in [3.63, 3.8) is 0 Å². The fourth-order valence-electron chi connectivity index (χ4n) is 2.31. The van der Waals surface area contributed by atoms with Gasteiger partial charge in [-0.05, 0) is 70.0 Å². The van der Waals surface area contributed by atoms with E-state index in [1.165, 1.54) is 12.1 Å². The molecule has 2 aromatic carbocycles. The number of benzene rings is 2. The van der Waals surface area contributed by atoms with Crippen LogP contribution >= 0.6 is 22.6 Å². The SMILES string of the molecule is CCc1cc(O)c(F)cc1-c1ccc2c(I)[nH]nc2c1. The summed E-state index contributed by atoms with van der Waals surface area (Å²) < 4.78 is 14.6. The Labute approximate surface area is 129 Å². The van der Waals surface area contributed by atoms with E-state index in [0.29, 0.717) is 0 Å². The molecule has 2 N–H and O–H groups in total. The van der Waals surface area contributed by atoms with Crippen molar-refractivity contribution < 1.29 is 9.50 Å². The average molecular weight is 382 g/mol. The lowest BCUT2D eigenvalue weighted by Crippen LogP contribution is -1.90. The first-order valence-corrected chi connectivity index (χ1v) is 7.33.